The fraction of sp³-hybridized carbons (Fsp3) is 0.462. The third-order valence-corrected chi connectivity index (χ3v) is 2.48. The van der Waals surface area contributed by atoms with Crippen LogP contribution in [0.2, 0.25) is 0 Å². The number of hydrogen-bond acceptors (Lipinski definition) is 5. The predicted molar refractivity (Wildman–Crippen MR) is 69.2 cm³/mol. The molecule has 1 aromatic carbocycles. The summed E-state index contributed by atoms with van der Waals surface area (Å²) >= 11 is 0. The molecule has 0 heterocycles. The van der Waals surface area contributed by atoms with E-state index in [1.807, 2.05) is 6.92 Å². The summed E-state index contributed by atoms with van der Waals surface area (Å²) in [5, 5.41) is 10.8. The van der Waals surface area contributed by atoms with Crippen LogP contribution in [-0.4, -0.2) is 24.1 Å². The van der Waals surface area contributed by atoms with E-state index < -0.39 is 10.9 Å². The standard InChI is InChI=1S/C13H17NO5/c1-3-4-8-18-12(15)9-19-13-10(2)6-5-7-11(13)14(16)17/h5-7H,3-4,8-9H2,1-2H3. The third-order valence-electron chi connectivity index (χ3n) is 2.48. The van der Waals surface area contributed by atoms with E-state index in [1.165, 1.54) is 6.07 Å². The molecule has 0 radical (unpaired) electrons. The highest BCUT2D eigenvalue weighted by molar-refractivity contribution is 5.71. The largest absolute Gasteiger partial charge is 0.475 e. The Labute approximate surface area is 111 Å². The van der Waals surface area contributed by atoms with Gasteiger partial charge in [0.1, 0.15) is 0 Å². The van der Waals surface area contributed by atoms with Crippen LogP contribution in [-0.2, 0) is 9.53 Å². The highest BCUT2D eigenvalue weighted by Crippen LogP contribution is 2.30. The van der Waals surface area contributed by atoms with Gasteiger partial charge in [-0.25, -0.2) is 4.79 Å². The van der Waals surface area contributed by atoms with Crippen molar-refractivity contribution in [3.63, 3.8) is 0 Å². The topological polar surface area (TPSA) is 78.7 Å². The Hall–Kier alpha value is -2.11. The zero-order valence-electron chi connectivity index (χ0n) is 11.0. The summed E-state index contributed by atoms with van der Waals surface area (Å²) in [5.74, 6) is -0.411. The highest BCUT2D eigenvalue weighted by atomic mass is 16.6. The molecule has 0 saturated carbocycles. The van der Waals surface area contributed by atoms with Crippen molar-refractivity contribution in [1.82, 2.24) is 0 Å². The Morgan fingerprint density at radius 3 is 2.79 bits per heavy atom. The van der Waals surface area contributed by atoms with Crippen molar-refractivity contribution in [2.75, 3.05) is 13.2 Å². The van der Waals surface area contributed by atoms with E-state index in [4.69, 9.17) is 9.47 Å². The number of benzene rings is 1. The van der Waals surface area contributed by atoms with Crippen LogP contribution in [0, 0.1) is 17.0 Å². The van der Waals surface area contributed by atoms with Gasteiger partial charge >= 0.3 is 11.7 Å². The van der Waals surface area contributed by atoms with E-state index >= 15 is 0 Å². The molecule has 0 N–H and O–H groups in total. The van der Waals surface area contributed by atoms with Crippen LogP contribution in [0.1, 0.15) is 25.3 Å². The Morgan fingerprint density at radius 1 is 1.42 bits per heavy atom. The summed E-state index contributed by atoms with van der Waals surface area (Å²) in [6, 6.07) is 4.59. The lowest BCUT2D eigenvalue weighted by molar-refractivity contribution is -0.385. The van der Waals surface area contributed by atoms with Crippen molar-refractivity contribution in [3.8, 4) is 5.75 Å². The van der Waals surface area contributed by atoms with Crippen LogP contribution in [0.25, 0.3) is 0 Å². The molecule has 0 spiro atoms. The molecule has 0 aliphatic carbocycles. The average Bonchev–Trinajstić information content (AvgIpc) is 2.37. The number of unbranched alkanes of at least 4 members (excludes halogenated alkanes) is 1. The molecule has 0 atom stereocenters. The molecule has 0 aliphatic rings. The number of para-hydroxylation sites is 1. The van der Waals surface area contributed by atoms with E-state index in [0.29, 0.717) is 12.2 Å². The molecular weight excluding hydrogens is 250 g/mol. The first-order chi connectivity index (χ1) is 9.06. The van der Waals surface area contributed by atoms with Crippen LogP contribution in [0.15, 0.2) is 18.2 Å². The lowest BCUT2D eigenvalue weighted by Crippen LogP contribution is -2.16. The maximum atomic E-state index is 11.4. The van der Waals surface area contributed by atoms with E-state index in [0.717, 1.165) is 12.8 Å². The van der Waals surface area contributed by atoms with Crippen LogP contribution < -0.4 is 4.74 Å². The molecule has 0 amide bonds. The molecule has 104 valence electrons. The van der Waals surface area contributed by atoms with Gasteiger partial charge in [0, 0.05) is 6.07 Å². The maximum absolute atomic E-state index is 11.4. The predicted octanol–water partition coefficient (Wildman–Crippen LogP) is 2.63. The van der Waals surface area contributed by atoms with Gasteiger partial charge in [-0.05, 0) is 18.9 Å². The van der Waals surface area contributed by atoms with Crippen molar-refractivity contribution < 1.29 is 19.2 Å². The van der Waals surface area contributed by atoms with Gasteiger partial charge in [0.2, 0.25) is 5.75 Å². The van der Waals surface area contributed by atoms with Crippen molar-refractivity contribution in [3.05, 3.63) is 33.9 Å². The molecule has 19 heavy (non-hydrogen) atoms. The second-order valence-electron chi connectivity index (χ2n) is 4.04. The molecular formula is C13H17NO5. The monoisotopic (exact) mass is 267 g/mol. The number of hydrogen-bond donors (Lipinski definition) is 0. The van der Waals surface area contributed by atoms with Crippen LogP contribution in [0.3, 0.4) is 0 Å². The Bertz CT molecular complexity index is 458. The Balaban J connectivity index is 2.62. The molecule has 6 nitrogen and oxygen atoms in total. The summed E-state index contributed by atoms with van der Waals surface area (Å²) in [6.45, 7) is 3.69. The quantitative estimate of drug-likeness (QED) is 0.328. The molecule has 0 saturated heterocycles. The molecule has 6 heteroatoms. The van der Waals surface area contributed by atoms with Crippen LogP contribution >= 0.6 is 0 Å². The minimum Gasteiger partial charge on any atom is -0.475 e. The number of carbonyl (C=O) groups is 1. The summed E-state index contributed by atoms with van der Waals surface area (Å²) in [5.41, 5.74) is 0.455. The number of carbonyl (C=O) groups excluding carboxylic acids is 1. The lowest BCUT2D eigenvalue weighted by atomic mass is 10.2. The lowest BCUT2D eigenvalue weighted by Gasteiger charge is -2.09. The SMILES string of the molecule is CCCCOC(=O)COc1c(C)cccc1[N+](=O)[O-]. The van der Waals surface area contributed by atoms with Crippen molar-refractivity contribution in [2.45, 2.75) is 26.7 Å². The minimum atomic E-state index is -0.537. The summed E-state index contributed by atoms with van der Waals surface area (Å²) in [7, 11) is 0. The Kier molecular flexibility index (Phi) is 5.78. The number of rotatable bonds is 7. The van der Waals surface area contributed by atoms with Gasteiger partial charge in [0.05, 0.1) is 11.5 Å². The average molecular weight is 267 g/mol. The molecule has 0 aliphatic heterocycles. The van der Waals surface area contributed by atoms with Gasteiger partial charge in [0.25, 0.3) is 0 Å². The third kappa shape index (κ3) is 4.57. The van der Waals surface area contributed by atoms with E-state index in [2.05, 4.69) is 0 Å². The van der Waals surface area contributed by atoms with Gasteiger partial charge < -0.3 is 9.47 Å². The van der Waals surface area contributed by atoms with Crippen molar-refractivity contribution >= 4 is 11.7 Å². The fourth-order valence-electron chi connectivity index (χ4n) is 1.47. The number of aryl methyl sites for hydroxylation is 1. The fourth-order valence-corrected chi connectivity index (χ4v) is 1.47. The number of ether oxygens (including phenoxy) is 2. The van der Waals surface area contributed by atoms with Gasteiger partial charge in [-0.1, -0.05) is 25.5 Å². The van der Waals surface area contributed by atoms with Crippen molar-refractivity contribution in [1.29, 1.82) is 0 Å². The van der Waals surface area contributed by atoms with Gasteiger partial charge in [0.15, 0.2) is 6.61 Å². The number of esters is 1. The van der Waals surface area contributed by atoms with Gasteiger partial charge in [-0.3, -0.25) is 10.1 Å². The molecule has 0 bridgehead atoms. The van der Waals surface area contributed by atoms with Crippen LogP contribution in [0.4, 0.5) is 5.69 Å². The van der Waals surface area contributed by atoms with Crippen LogP contribution in [0.5, 0.6) is 5.75 Å². The first-order valence-electron chi connectivity index (χ1n) is 6.08. The molecule has 0 fully saturated rings. The van der Waals surface area contributed by atoms with Gasteiger partial charge in [-0.15, -0.1) is 0 Å². The number of nitro groups is 1. The molecule has 1 rings (SSSR count). The second kappa shape index (κ2) is 7.35. The zero-order chi connectivity index (χ0) is 14.3. The highest BCUT2D eigenvalue weighted by Gasteiger charge is 2.18. The summed E-state index contributed by atoms with van der Waals surface area (Å²) < 4.78 is 10.1. The molecule has 0 unspecified atom stereocenters. The first kappa shape index (κ1) is 14.9. The minimum absolute atomic E-state index is 0.111. The Morgan fingerprint density at radius 2 is 2.16 bits per heavy atom. The number of nitro benzene ring substituents is 1. The molecule has 0 aromatic heterocycles. The first-order valence-corrected chi connectivity index (χ1v) is 6.08. The number of nitrogens with zero attached hydrogens (tertiary/aromatic N) is 1. The van der Waals surface area contributed by atoms with E-state index in [-0.39, 0.29) is 18.0 Å². The van der Waals surface area contributed by atoms with Crippen molar-refractivity contribution in [2.24, 2.45) is 0 Å². The smallest absolute Gasteiger partial charge is 0.344 e. The molecule has 1 aromatic rings. The van der Waals surface area contributed by atoms with E-state index in [1.54, 1.807) is 19.1 Å². The zero-order valence-corrected chi connectivity index (χ0v) is 11.0. The van der Waals surface area contributed by atoms with E-state index in [9.17, 15) is 14.9 Å². The van der Waals surface area contributed by atoms with Gasteiger partial charge in [-0.2, -0.15) is 0 Å². The maximum Gasteiger partial charge on any atom is 0.344 e. The normalized spacial score (nSPS) is 10.0. The summed E-state index contributed by atoms with van der Waals surface area (Å²) in [4.78, 5) is 21.7. The second-order valence-corrected chi connectivity index (χ2v) is 4.04. The summed E-state index contributed by atoms with van der Waals surface area (Å²) in [6.07, 6.45) is 1.72.